The van der Waals surface area contributed by atoms with E-state index in [2.05, 4.69) is 19.9 Å². The Morgan fingerprint density at radius 1 is 0.475 bits per heavy atom. The molecule has 0 atom stereocenters. The first-order valence-corrected chi connectivity index (χ1v) is 8.86. The Balaban J connectivity index is -0.0000000953. The molecular weight excluding hydrogens is 647 g/mol. The number of aromatic nitrogens is 8. The van der Waals surface area contributed by atoms with E-state index in [1.165, 1.54) is 0 Å². The molecule has 0 saturated heterocycles. The molecule has 22 heteroatoms. The van der Waals surface area contributed by atoms with E-state index in [-0.39, 0.29) is 56.0 Å². The normalized spacial score (nSPS) is 7.80. The largest absolute Gasteiger partial charge is 2.00 e. The van der Waals surface area contributed by atoms with Crippen LogP contribution in [0.2, 0.25) is 0 Å². The van der Waals surface area contributed by atoms with Crippen molar-refractivity contribution in [1.29, 1.82) is 0 Å². The smallest absolute Gasteiger partial charge is 0.543 e. The fourth-order valence-electron chi connectivity index (χ4n) is 1.86. The molecule has 20 nitrogen and oxygen atoms in total. The van der Waals surface area contributed by atoms with E-state index in [0.717, 1.165) is 13.3 Å². The summed E-state index contributed by atoms with van der Waals surface area (Å²) in [5.74, 6) is -8.74. The number of aliphatic carboxylic acids is 4. The Kier molecular flexibility index (Phi) is 33.6. The SMILES string of the molecule is O.O.O=C([O-])C(=O)[O-].O=C([O-])C(=O)[O-].[Cu+2].[Cu+2].[OH3+].[OH3+].c1cn(Cn2ccnc2)cn1.c1cn(Cn2ccnc2)cn1. The van der Waals surface area contributed by atoms with Crippen LogP contribution in [-0.2, 0) is 77.6 Å². The maximum Gasteiger partial charge on any atom is 2.00 e. The molecule has 2 radical (unpaired) electrons. The van der Waals surface area contributed by atoms with Crippen LogP contribution in [-0.4, -0.2) is 73.0 Å². The number of rotatable bonds is 4. The molecular formula is C18H26Cu2N8O12+2. The molecule has 10 N–H and O–H groups in total. The standard InChI is InChI=1S/2C7H8N4.2C2H2O4.2Cu.4H2O/c2*1-3-10(5-8-1)7-11-4-2-9-6-11;2*3-1(4)2(5)6;;;;;;/h2*1-6H,7H2;2*(H,3,4)(H,5,6);;;4*1H2/q;;;;2*+2;;;;/p-2. The molecule has 0 unspecified atom stereocenters. The fourth-order valence-corrected chi connectivity index (χ4v) is 1.86. The van der Waals surface area contributed by atoms with Gasteiger partial charge in [-0.15, -0.1) is 0 Å². The number of hydrogen-bond acceptors (Lipinski definition) is 12. The maximum absolute atomic E-state index is 8.93. The van der Waals surface area contributed by atoms with Crippen molar-refractivity contribution >= 4 is 23.9 Å². The monoisotopic (exact) mass is 672 g/mol. The number of nitrogens with zero attached hydrogens (tertiary/aromatic N) is 8. The van der Waals surface area contributed by atoms with Crippen molar-refractivity contribution < 1.29 is 95.6 Å². The van der Waals surface area contributed by atoms with E-state index in [4.69, 9.17) is 39.6 Å². The van der Waals surface area contributed by atoms with Crippen LogP contribution in [0, 0.1) is 0 Å². The van der Waals surface area contributed by atoms with Gasteiger partial charge in [-0.1, -0.05) is 0 Å². The average Bonchev–Trinajstić information content (AvgIpc) is 3.60. The summed E-state index contributed by atoms with van der Waals surface area (Å²) in [6.45, 7) is 1.56. The van der Waals surface area contributed by atoms with E-state index >= 15 is 0 Å². The van der Waals surface area contributed by atoms with E-state index < -0.39 is 23.9 Å². The maximum atomic E-state index is 8.93. The van der Waals surface area contributed by atoms with Gasteiger partial charge in [0.15, 0.2) is 0 Å². The minimum atomic E-state index is -2.19. The first kappa shape index (κ1) is 48.6. The van der Waals surface area contributed by atoms with Crippen LogP contribution in [0.3, 0.4) is 0 Å². The van der Waals surface area contributed by atoms with E-state index in [1.807, 2.05) is 43.1 Å². The molecule has 0 aliphatic heterocycles. The second kappa shape index (κ2) is 27.6. The van der Waals surface area contributed by atoms with Crippen molar-refractivity contribution in [1.82, 2.24) is 38.2 Å². The van der Waals surface area contributed by atoms with Gasteiger partial charge in [0.2, 0.25) is 0 Å². The van der Waals surface area contributed by atoms with Gasteiger partial charge >= 0.3 is 34.1 Å². The second-order valence-corrected chi connectivity index (χ2v) is 5.74. The van der Waals surface area contributed by atoms with Crippen molar-refractivity contribution in [3.8, 4) is 0 Å². The second-order valence-electron chi connectivity index (χ2n) is 5.74. The summed E-state index contributed by atoms with van der Waals surface area (Å²) in [4.78, 5) is 51.4. The van der Waals surface area contributed by atoms with Crippen LogP contribution < -0.4 is 20.4 Å². The first-order valence-electron chi connectivity index (χ1n) is 8.86. The Labute approximate surface area is 245 Å². The molecule has 4 heterocycles. The number of hydrogen-bond donors (Lipinski definition) is 0. The number of imidazole rings is 4. The van der Waals surface area contributed by atoms with Gasteiger partial charge in [-0.3, -0.25) is 0 Å². The first-order chi connectivity index (χ1) is 16.2. The summed E-state index contributed by atoms with van der Waals surface area (Å²) in [5.41, 5.74) is 0. The Hall–Kier alpha value is -4.40. The predicted molar refractivity (Wildman–Crippen MR) is 117 cm³/mol. The van der Waals surface area contributed by atoms with Crippen molar-refractivity contribution in [2.75, 3.05) is 0 Å². The topological polar surface area (TPSA) is 361 Å². The van der Waals surface area contributed by atoms with Crippen molar-refractivity contribution in [2.45, 2.75) is 13.3 Å². The Morgan fingerprint density at radius 3 is 0.750 bits per heavy atom. The molecule has 0 aromatic carbocycles. The molecule has 4 aromatic rings. The van der Waals surface area contributed by atoms with Gasteiger partial charge in [0.1, 0.15) is 13.3 Å². The fraction of sp³-hybridized carbons (Fsp3) is 0.111. The summed E-state index contributed by atoms with van der Waals surface area (Å²) in [6, 6.07) is 0. The zero-order valence-corrected chi connectivity index (χ0v) is 21.8. The summed E-state index contributed by atoms with van der Waals surface area (Å²) in [7, 11) is 0. The van der Waals surface area contributed by atoms with Gasteiger partial charge in [-0.2, -0.15) is 0 Å². The van der Waals surface area contributed by atoms with Crippen molar-refractivity contribution in [3.63, 3.8) is 0 Å². The molecule has 4 aromatic heterocycles. The van der Waals surface area contributed by atoms with Crippen LogP contribution >= 0.6 is 0 Å². The van der Waals surface area contributed by atoms with Crippen molar-refractivity contribution in [3.05, 3.63) is 74.9 Å². The van der Waals surface area contributed by atoms with Crippen LogP contribution in [0.15, 0.2) is 74.9 Å². The molecule has 4 rings (SSSR count). The number of carbonyl (C=O) groups excluding carboxylic acids is 4. The molecule has 0 amide bonds. The number of carbonyl (C=O) groups is 4. The molecule has 0 bridgehead atoms. The summed E-state index contributed by atoms with van der Waals surface area (Å²) in [5, 5.41) is 35.7. The zero-order valence-electron chi connectivity index (χ0n) is 19.9. The Morgan fingerprint density at radius 2 is 0.650 bits per heavy atom. The predicted octanol–water partition coefficient (Wildman–Crippen LogP) is -9.36. The average molecular weight is 674 g/mol. The van der Waals surface area contributed by atoms with Crippen LogP contribution in [0.25, 0.3) is 0 Å². The number of carboxylic acid groups (broad SMARTS) is 4. The van der Waals surface area contributed by atoms with Crippen molar-refractivity contribution in [2.24, 2.45) is 0 Å². The molecule has 230 valence electrons. The van der Waals surface area contributed by atoms with Crippen LogP contribution in [0.4, 0.5) is 0 Å². The van der Waals surface area contributed by atoms with Gasteiger partial charge in [-0.25, -0.2) is 19.9 Å². The molecule has 0 fully saturated rings. The minimum Gasteiger partial charge on any atom is -0.543 e. The van der Waals surface area contributed by atoms with Gasteiger partial charge in [-0.05, 0) is 0 Å². The molecule has 0 spiro atoms. The third-order valence-electron chi connectivity index (χ3n) is 3.22. The summed E-state index contributed by atoms with van der Waals surface area (Å²) >= 11 is 0. The molecule has 0 saturated carbocycles. The Bertz CT molecular complexity index is 947. The third kappa shape index (κ3) is 22.8. The van der Waals surface area contributed by atoms with E-state index in [9.17, 15) is 0 Å². The van der Waals surface area contributed by atoms with Gasteiger partial charge < -0.3 is 79.8 Å². The quantitative estimate of drug-likeness (QED) is 0.111. The molecule has 40 heavy (non-hydrogen) atoms. The zero-order chi connectivity index (χ0) is 25.3. The van der Waals surface area contributed by atoms with Gasteiger partial charge in [0.05, 0.1) is 49.2 Å². The molecule has 0 aliphatic rings. The minimum absolute atomic E-state index is 0. The van der Waals surface area contributed by atoms with E-state index in [0.29, 0.717) is 0 Å². The molecule has 0 aliphatic carbocycles. The van der Waals surface area contributed by atoms with Crippen LogP contribution in [0.5, 0.6) is 0 Å². The summed E-state index contributed by atoms with van der Waals surface area (Å²) in [6.07, 6.45) is 21.8. The van der Waals surface area contributed by atoms with Gasteiger partial charge in [0, 0.05) is 49.6 Å². The summed E-state index contributed by atoms with van der Waals surface area (Å²) < 4.78 is 7.90. The van der Waals surface area contributed by atoms with E-state index in [1.54, 1.807) is 50.1 Å². The number of carboxylic acids is 4. The third-order valence-corrected chi connectivity index (χ3v) is 3.22. The van der Waals surface area contributed by atoms with Crippen LogP contribution in [0.1, 0.15) is 0 Å². The van der Waals surface area contributed by atoms with Gasteiger partial charge in [0.25, 0.3) is 0 Å².